The van der Waals surface area contributed by atoms with E-state index >= 15 is 0 Å². The third kappa shape index (κ3) is 2.11. The van der Waals surface area contributed by atoms with Crippen molar-refractivity contribution in [3.8, 4) is 0 Å². The van der Waals surface area contributed by atoms with Crippen molar-refractivity contribution in [2.75, 3.05) is 6.61 Å². The minimum atomic E-state index is -1.45. The van der Waals surface area contributed by atoms with E-state index in [0.717, 1.165) is 5.56 Å². The maximum atomic E-state index is 11.8. The largest absolute Gasteiger partial charge is 0.464 e. The molecule has 0 saturated carbocycles. The summed E-state index contributed by atoms with van der Waals surface area (Å²) in [5, 5.41) is 10.5. The molecule has 1 N–H and O–H groups in total. The monoisotopic (exact) mass is 298 g/mol. The molecule has 3 nitrogen and oxygen atoms in total. The fourth-order valence-electron chi connectivity index (χ4n) is 2.18. The van der Waals surface area contributed by atoms with Gasteiger partial charge in [0, 0.05) is 0 Å². The average Bonchev–Trinajstić information content (AvgIpc) is 2.35. The van der Waals surface area contributed by atoms with Crippen LogP contribution in [0.15, 0.2) is 24.3 Å². The lowest BCUT2D eigenvalue weighted by atomic mass is 9.80. The number of hydrogen-bond donors (Lipinski definition) is 1. The van der Waals surface area contributed by atoms with Gasteiger partial charge in [0.05, 0.1) is 11.4 Å². The van der Waals surface area contributed by atoms with Crippen LogP contribution in [0.2, 0.25) is 0 Å². The molecule has 0 radical (unpaired) electrons. The Morgan fingerprint density at radius 2 is 2.29 bits per heavy atom. The fraction of sp³-hybridized carbons (Fsp3) is 0.462. The Morgan fingerprint density at radius 1 is 1.59 bits per heavy atom. The second-order valence-electron chi connectivity index (χ2n) is 4.21. The van der Waals surface area contributed by atoms with E-state index < -0.39 is 16.4 Å². The van der Waals surface area contributed by atoms with Crippen molar-refractivity contribution in [1.29, 1.82) is 0 Å². The van der Waals surface area contributed by atoms with Crippen LogP contribution in [0.25, 0.3) is 0 Å². The average molecular weight is 299 g/mol. The number of aryl methyl sites for hydroxylation is 1. The molecule has 0 saturated heterocycles. The Hall–Kier alpha value is -0.870. The van der Waals surface area contributed by atoms with Crippen LogP contribution >= 0.6 is 15.9 Å². The van der Waals surface area contributed by atoms with Gasteiger partial charge in [0.15, 0.2) is 5.60 Å². The van der Waals surface area contributed by atoms with E-state index in [1.54, 1.807) is 6.92 Å². The van der Waals surface area contributed by atoms with Gasteiger partial charge in [-0.1, -0.05) is 40.2 Å². The Morgan fingerprint density at radius 3 is 3.00 bits per heavy atom. The summed E-state index contributed by atoms with van der Waals surface area (Å²) in [6.45, 7) is 2.02. The summed E-state index contributed by atoms with van der Waals surface area (Å²) < 4.78 is 4.95. The Labute approximate surface area is 109 Å². The van der Waals surface area contributed by atoms with Gasteiger partial charge in [-0.15, -0.1) is 0 Å². The molecule has 0 unspecified atom stereocenters. The minimum Gasteiger partial charge on any atom is -0.464 e. The Bertz CT molecular complexity index is 432. The van der Waals surface area contributed by atoms with E-state index in [1.165, 1.54) is 5.56 Å². The molecule has 17 heavy (non-hydrogen) atoms. The van der Waals surface area contributed by atoms with E-state index in [2.05, 4.69) is 15.9 Å². The lowest BCUT2D eigenvalue weighted by Crippen LogP contribution is -2.46. The van der Waals surface area contributed by atoms with Gasteiger partial charge in [0.25, 0.3) is 0 Å². The molecule has 0 aromatic heterocycles. The molecule has 1 aromatic carbocycles. The van der Waals surface area contributed by atoms with E-state index in [4.69, 9.17) is 4.74 Å². The number of carbonyl (C=O) groups is 1. The van der Waals surface area contributed by atoms with Gasteiger partial charge in [-0.25, -0.2) is 4.79 Å². The van der Waals surface area contributed by atoms with Crippen LogP contribution in [0.4, 0.5) is 0 Å². The van der Waals surface area contributed by atoms with Crippen LogP contribution in [0, 0.1) is 0 Å². The zero-order valence-electron chi connectivity index (χ0n) is 9.65. The first kappa shape index (κ1) is 12.6. The van der Waals surface area contributed by atoms with E-state index in [0.29, 0.717) is 12.8 Å². The molecule has 92 valence electrons. The van der Waals surface area contributed by atoms with E-state index in [-0.39, 0.29) is 6.61 Å². The van der Waals surface area contributed by atoms with Gasteiger partial charge in [0.2, 0.25) is 0 Å². The van der Waals surface area contributed by atoms with Crippen molar-refractivity contribution >= 4 is 21.9 Å². The number of benzene rings is 1. The van der Waals surface area contributed by atoms with Crippen LogP contribution in [-0.4, -0.2) is 23.3 Å². The third-order valence-corrected chi connectivity index (χ3v) is 4.40. The minimum absolute atomic E-state index is 0.280. The molecule has 0 fully saturated rings. The number of alkyl halides is 1. The third-order valence-electron chi connectivity index (χ3n) is 3.15. The van der Waals surface area contributed by atoms with Gasteiger partial charge in [-0.2, -0.15) is 0 Å². The smallest absolute Gasteiger partial charge is 0.339 e. The van der Waals surface area contributed by atoms with Gasteiger partial charge in [-0.05, 0) is 30.9 Å². The zero-order chi connectivity index (χ0) is 12.5. The summed E-state index contributed by atoms with van der Waals surface area (Å²) in [5.41, 5.74) is 0.683. The summed E-state index contributed by atoms with van der Waals surface area (Å²) in [5.74, 6) is -0.545. The number of hydrogen-bond acceptors (Lipinski definition) is 3. The quantitative estimate of drug-likeness (QED) is 0.673. The first-order chi connectivity index (χ1) is 8.09. The highest BCUT2D eigenvalue weighted by molar-refractivity contribution is 9.09. The van der Waals surface area contributed by atoms with Crippen LogP contribution in [0.3, 0.4) is 0 Å². The highest BCUT2D eigenvalue weighted by atomic mass is 79.9. The molecular weight excluding hydrogens is 284 g/mol. The fourth-order valence-corrected chi connectivity index (χ4v) is 3.04. The predicted octanol–water partition coefficient (Wildman–Crippen LogP) is 2.36. The van der Waals surface area contributed by atoms with Crippen LogP contribution < -0.4 is 0 Å². The van der Waals surface area contributed by atoms with Gasteiger partial charge >= 0.3 is 5.97 Å². The van der Waals surface area contributed by atoms with Crippen LogP contribution in [0.1, 0.15) is 29.3 Å². The number of carbonyl (C=O) groups excluding carboxylic acids is 1. The Balaban J connectivity index is 2.33. The molecule has 1 aromatic rings. The predicted molar refractivity (Wildman–Crippen MR) is 68.0 cm³/mol. The molecule has 4 heteroatoms. The SMILES string of the molecule is CCOC(=O)[C@@]1(O)CCc2ccccc2[C@H]1Br. The first-order valence-electron chi connectivity index (χ1n) is 5.71. The van der Waals surface area contributed by atoms with Crippen molar-refractivity contribution in [3.05, 3.63) is 35.4 Å². The molecule has 2 rings (SSSR count). The number of esters is 1. The lowest BCUT2D eigenvalue weighted by molar-refractivity contribution is -0.166. The highest BCUT2D eigenvalue weighted by Gasteiger charge is 2.47. The number of rotatable bonds is 2. The van der Waals surface area contributed by atoms with Gasteiger partial charge in [-0.3, -0.25) is 0 Å². The first-order valence-corrected chi connectivity index (χ1v) is 6.62. The maximum absolute atomic E-state index is 11.8. The maximum Gasteiger partial charge on any atom is 0.339 e. The molecule has 2 atom stereocenters. The second kappa shape index (κ2) is 4.78. The molecule has 0 aliphatic heterocycles. The molecule has 0 spiro atoms. The number of ether oxygens (including phenoxy) is 1. The molecule has 1 aliphatic rings. The normalized spacial score (nSPS) is 27.4. The molecular formula is C13H15BrO3. The molecule has 1 aliphatic carbocycles. The summed E-state index contributed by atoms with van der Waals surface area (Å²) >= 11 is 3.43. The number of aliphatic hydroxyl groups is 1. The van der Waals surface area contributed by atoms with Crippen molar-refractivity contribution < 1.29 is 14.6 Å². The standard InChI is InChI=1S/C13H15BrO3/c1-2-17-12(15)13(16)8-7-9-5-3-4-6-10(9)11(13)14/h3-6,11,16H,2,7-8H2,1H3/t11-,13-/m1/s1. The van der Waals surface area contributed by atoms with Crippen molar-refractivity contribution in [2.45, 2.75) is 30.2 Å². The molecule has 0 amide bonds. The number of fused-ring (bicyclic) bond motifs is 1. The van der Waals surface area contributed by atoms with Gasteiger partial charge < -0.3 is 9.84 Å². The zero-order valence-corrected chi connectivity index (χ0v) is 11.2. The highest BCUT2D eigenvalue weighted by Crippen LogP contribution is 2.43. The molecule has 0 heterocycles. The topological polar surface area (TPSA) is 46.5 Å². The van der Waals surface area contributed by atoms with E-state index in [1.807, 2.05) is 24.3 Å². The van der Waals surface area contributed by atoms with E-state index in [9.17, 15) is 9.90 Å². The Kier molecular flexibility index (Phi) is 3.54. The summed E-state index contributed by atoms with van der Waals surface area (Å²) in [6.07, 6.45) is 1.08. The van der Waals surface area contributed by atoms with Crippen molar-refractivity contribution in [2.24, 2.45) is 0 Å². The van der Waals surface area contributed by atoms with Gasteiger partial charge in [0.1, 0.15) is 0 Å². The molecule has 0 bridgehead atoms. The van der Waals surface area contributed by atoms with Crippen molar-refractivity contribution in [3.63, 3.8) is 0 Å². The van der Waals surface area contributed by atoms with Crippen molar-refractivity contribution in [1.82, 2.24) is 0 Å². The number of halogens is 1. The van der Waals surface area contributed by atoms with Crippen LogP contribution in [-0.2, 0) is 16.0 Å². The van der Waals surface area contributed by atoms with Crippen LogP contribution in [0.5, 0.6) is 0 Å². The lowest BCUT2D eigenvalue weighted by Gasteiger charge is -2.35. The summed E-state index contributed by atoms with van der Waals surface area (Å²) in [6, 6.07) is 7.82. The summed E-state index contributed by atoms with van der Waals surface area (Å²) in [7, 11) is 0. The second-order valence-corrected chi connectivity index (χ2v) is 5.12. The summed E-state index contributed by atoms with van der Waals surface area (Å²) in [4.78, 5) is 11.4.